The molecular formula is C17H32O4. The van der Waals surface area contributed by atoms with E-state index in [2.05, 4.69) is 20.8 Å². The van der Waals surface area contributed by atoms with Crippen LogP contribution in [0.4, 0.5) is 0 Å². The highest BCUT2D eigenvalue weighted by Crippen LogP contribution is 2.07. The van der Waals surface area contributed by atoms with Gasteiger partial charge in [-0.05, 0) is 25.2 Å². The van der Waals surface area contributed by atoms with E-state index in [0.29, 0.717) is 32.0 Å². The second-order valence-electron chi connectivity index (χ2n) is 5.68. The molecule has 4 nitrogen and oxygen atoms in total. The van der Waals surface area contributed by atoms with Crippen LogP contribution in [-0.4, -0.2) is 25.2 Å². The van der Waals surface area contributed by atoms with Crippen molar-refractivity contribution in [2.45, 2.75) is 78.6 Å². The molecule has 0 aliphatic carbocycles. The highest BCUT2D eigenvalue weighted by molar-refractivity contribution is 5.69. The van der Waals surface area contributed by atoms with Crippen molar-refractivity contribution in [3.8, 4) is 0 Å². The molecule has 0 aliphatic rings. The maximum Gasteiger partial charge on any atom is 0.305 e. The topological polar surface area (TPSA) is 52.6 Å². The molecule has 0 N–H and O–H groups in total. The second-order valence-corrected chi connectivity index (χ2v) is 5.68. The minimum absolute atomic E-state index is 0.120. The molecule has 0 saturated carbocycles. The van der Waals surface area contributed by atoms with Gasteiger partial charge < -0.3 is 9.47 Å². The lowest BCUT2D eigenvalue weighted by molar-refractivity contribution is -0.145. The van der Waals surface area contributed by atoms with Gasteiger partial charge in [-0.1, -0.05) is 46.5 Å². The summed E-state index contributed by atoms with van der Waals surface area (Å²) >= 11 is 0. The van der Waals surface area contributed by atoms with E-state index < -0.39 is 0 Å². The third kappa shape index (κ3) is 13.7. The van der Waals surface area contributed by atoms with Gasteiger partial charge in [0, 0.05) is 12.8 Å². The maximum atomic E-state index is 11.4. The van der Waals surface area contributed by atoms with Crippen molar-refractivity contribution in [3.63, 3.8) is 0 Å². The fraction of sp³-hybridized carbons (Fsp3) is 0.882. The standard InChI is InChI=1S/C17H32O4/c1-4-6-10-13-20-16(18)11-8-7-9-12-17(19)21-14-15(3)5-2/h15H,4-14H2,1-3H3. The van der Waals surface area contributed by atoms with Gasteiger partial charge in [0.25, 0.3) is 0 Å². The SMILES string of the molecule is CCCCCOC(=O)CCCCCC(=O)OCC(C)CC. The summed E-state index contributed by atoms with van der Waals surface area (Å²) < 4.78 is 10.3. The van der Waals surface area contributed by atoms with Crippen molar-refractivity contribution in [2.24, 2.45) is 5.92 Å². The fourth-order valence-electron chi connectivity index (χ4n) is 1.75. The van der Waals surface area contributed by atoms with E-state index in [1.54, 1.807) is 0 Å². The van der Waals surface area contributed by atoms with Crippen LogP contribution < -0.4 is 0 Å². The Bertz CT molecular complexity index is 276. The highest BCUT2D eigenvalue weighted by atomic mass is 16.5. The van der Waals surface area contributed by atoms with E-state index in [9.17, 15) is 9.59 Å². The van der Waals surface area contributed by atoms with Crippen LogP contribution in [0.1, 0.15) is 78.6 Å². The van der Waals surface area contributed by atoms with Crippen LogP contribution in [-0.2, 0) is 19.1 Å². The zero-order valence-corrected chi connectivity index (χ0v) is 14.0. The molecule has 0 aliphatic heterocycles. The molecule has 0 rings (SSSR count). The van der Waals surface area contributed by atoms with Crippen molar-refractivity contribution in [2.75, 3.05) is 13.2 Å². The van der Waals surface area contributed by atoms with Gasteiger partial charge in [-0.2, -0.15) is 0 Å². The van der Waals surface area contributed by atoms with E-state index in [1.807, 2.05) is 0 Å². The molecule has 0 aromatic heterocycles. The summed E-state index contributed by atoms with van der Waals surface area (Å²) in [5.41, 5.74) is 0. The zero-order valence-electron chi connectivity index (χ0n) is 14.0. The van der Waals surface area contributed by atoms with Gasteiger partial charge >= 0.3 is 11.9 Å². The molecule has 124 valence electrons. The number of hydrogen-bond donors (Lipinski definition) is 0. The third-order valence-corrected chi connectivity index (χ3v) is 3.50. The van der Waals surface area contributed by atoms with Crippen molar-refractivity contribution >= 4 is 11.9 Å². The van der Waals surface area contributed by atoms with E-state index in [1.165, 1.54) is 0 Å². The molecule has 1 atom stereocenters. The number of rotatable bonds is 13. The first-order valence-corrected chi connectivity index (χ1v) is 8.41. The summed E-state index contributed by atoms with van der Waals surface area (Å²) in [5.74, 6) is 0.180. The van der Waals surface area contributed by atoms with E-state index in [4.69, 9.17) is 9.47 Å². The van der Waals surface area contributed by atoms with E-state index in [-0.39, 0.29) is 11.9 Å². The summed E-state index contributed by atoms with van der Waals surface area (Å²) in [7, 11) is 0. The molecule has 0 spiro atoms. The molecule has 0 aromatic carbocycles. The minimum atomic E-state index is -0.127. The molecule has 0 bridgehead atoms. The largest absolute Gasteiger partial charge is 0.466 e. The Balaban J connectivity index is 3.38. The first-order valence-electron chi connectivity index (χ1n) is 8.41. The van der Waals surface area contributed by atoms with Gasteiger partial charge in [-0.3, -0.25) is 9.59 Å². The summed E-state index contributed by atoms with van der Waals surface area (Å²) in [6.07, 6.45) is 7.53. The molecule has 21 heavy (non-hydrogen) atoms. The number of ether oxygens (including phenoxy) is 2. The zero-order chi connectivity index (χ0) is 15.9. The Hall–Kier alpha value is -1.06. The molecule has 0 radical (unpaired) electrons. The molecule has 0 heterocycles. The molecular weight excluding hydrogens is 268 g/mol. The van der Waals surface area contributed by atoms with E-state index >= 15 is 0 Å². The Kier molecular flexibility index (Phi) is 13.2. The van der Waals surface area contributed by atoms with Gasteiger partial charge in [0.1, 0.15) is 0 Å². The Labute approximate surface area is 129 Å². The minimum Gasteiger partial charge on any atom is -0.466 e. The van der Waals surface area contributed by atoms with E-state index in [0.717, 1.165) is 44.9 Å². The Morgan fingerprint density at radius 2 is 1.48 bits per heavy atom. The van der Waals surface area contributed by atoms with Gasteiger partial charge in [-0.25, -0.2) is 0 Å². The van der Waals surface area contributed by atoms with Gasteiger partial charge in [0.2, 0.25) is 0 Å². The van der Waals surface area contributed by atoms with Crippen LogP contribution in [0.25, 0.3) is 0 Å². The fourth-order valence-corrected chi connectivity index (χ4v) is 1.75. The molecule has 4 heteroatoms. The van der Waals surface area contributed by atoms with Crippen molar-refractivity contribution in [1.29, 1.82) is 0 Å². The molecule has 0 fully saturated rings. The maximum absolute atomic E-state index is 11.4. The number of carbonyl (C=O) groups is 2. The first-order chi connectivity index (χ1) is 10.1. The quantitative estimate of drug-likeness (QED) is 0.377. The molecule has 0 aromatic rings. The average Bonchev–Trinajstić information content (AvgIpc) is 2.48. The number of hydrogen-bond acceptors (Lipinski definition) is 4. The van der Waals surface area contributed by atoms with Crippen LogP contribution in [0.2, 0.25) is 0 Å². The number of carbonyl (C=O) groups excluding carboxylic acids is 2. The van der Waals surface area contributed by atoms with Crippen LogP contribution in [0.3, 0.4) is 0 Å². The summed E-state index contributed by atoms with van der Waals surface area (Å²) in [6.45, 7) is 7.32. The Morgan fingerprint density at radius 3 is 2.05 bits per heavy atom. The third-order valence-electron chi connectivity index (χ3n) is 3.50. The predicted molar refractivity (Wildman–Crippen MR) is 84.0 cm³/mol. The van der Waals surface area contributed by atoms with Crippen LogP contribution >= 0.6 is 0 Å². The first kappa shape index (κ1) is 19.9. The normalized spacial score (nSPS) is 12.0. The number of unbranched alkanes of at least 4 members (excludes halogenated alkanes) is 4. The second kappa shape index (κ2) is 13.9. The highest BCUT2D eigenvalue weighted by Gasteiger charge is 2.07. The Morgan fingerprint density at radius 1 is 0.857 bits per heavy atom. The molecule has 0 saturated heterocycles. The van der Waals surface area contributed by atoms with Crippen molar-refractivity contribution < 1.29 is 19.1 Å². The monoisotopic (exact) mass is 300 g/mol. The lowest BCUT2D eigenvalue weighted by Gasteiger charge is -2.09. The van der Waals surface area contributed by atoms with Crippen molar-refractivity contribution in [3.05, 3.63) is 0 Å². The molecule has 1 unspecified atom stereocenters. The lowest BCUT2D eigenvalue weighted by atomic mass is 10.1. The number of esters is 2. The smallest absolute Gasteiger partial charge is 0.305 e. The van der Waals surface area contributed by atoms with Crippen LogP contribution in [0.5, 0.6) is 0 Å². The van der Waals surface area contributed by atoms with Gasteiger partial charge in [-0.15, -0.1) is 0 Å². The average molecular weight is 300 g/mol. The molecule has 0 amide bonds. The van der Waals surface area contributed by atoms with Crippen molar-refractivity contribution in [1.82, 2.24) is 0 Å². The lowest BCUT2D eigenvalue weighted by Crippen LogP contribution is -2.11. The van der Waals surface area contributed by atoms with Crippen LogP contribution in [0, 0.1) is 5.92 Å². The van der Waals surface area contributed by atoms with Gasteiger partial charge in [0.05, 0.1) is 13.2 Å². The predicted octanol–water partition coefficient (Wildman–Crippen LogP) is 4.26. The van der Waals surface area contributed by atoms with Crippen LogP contribution in [0.15, 0.2) is 0 Å². The summed E-state index contributed by atoms with van der Waals surface area (Å²) in [5, 5.41) is 0. The summed E-state index contributed by atoms with van der Waals surface area (Å²) in [4.78, 5) is 22.8. The summed E-state index contributed by atoms with van der Waals surface area (Å²) in [6, 6.07) is 0. The van der Waals surface area contributed by atoms with Gasteiger partial charge in [0.15, 0.2) is 0 Å².